The molecular weight excluding hydrogens is 284 g/mol. The predicted molar refractivity (Wildman–Crippen MR) is 67.4 cm³/mol. The van der Waals surface area contributed by atoms with Crippen molar-refractivity contribution in [3.05, 3.63) is 23.8 Å². The number of nitriles is 1. The molecule has 1 fully saturated rings. The van der Waals surface area contributed by atoms with Crippen LogP contribution < -0.4 is 9.64 Å². The lowest BCUT2D eigenvalue weighted by Gasteiger charge is -2.16. The molecule has 0 bridgehead atoms. The number of rotatable bonds is 2. The molecule has 1 heterocycles. The van der Waals surface area contributed by atoms with Crippen molar-refractivity contribution in [3.63, 3.8) is 0 Å². The van der Waals surface area contributed by atoms with Crippen molar-refractivity contribution in [2.24, 2.45) is 0 Å². The second kappa shape index (κ2) is 4.76. The molecule has 0 saturated carbocycles. The van der Waals surface area contributed by atoms with E-state index >= 15 is 0 Å². The Bertz CT molecular complexity index is 496. The van der Waals surface area contributed by atoms with Gasteiger partial charge in [0.05, 0.1) is 12.7 Å². The number of ether oxygens (including phenoxy) is 1. The van der Waals surface area contributed by atoms with Crippen LogP contribution in [0.1, 0.15) is 12.0 Å². The Morgan fingerprint density at radius 3 is 2.88 bits per heavy atom. The molecule has 5 heteroatoms. The molecule has 1 unspecified atom stereocenters. The van der Waals surface area contributed by atoms with Gasteiger partial charge in [-0.2, -0.15) is 5.26 Å². The van der Waals surface area contributed by atoms with E-state index in [0.717, 1.165) is 5.69 Å². The number of amides is 1. The maximum atomic E-state index is 11.7. The van der Waals surface area contributed by atoms with Crippen molar-refractivity contribution in [2.75, 3.05) is 18.6 Å². The van der Waals surface area contributed by atoms with Gasteiger partial charge in [-0.05, 0) is 18.2 Å². The molecule has 1 atom stereocenters. The van der Waals surface area contributed by atoms with Crippen molar-refractivity contribution in [2.45, 2.75) is 11.2 Å². The summed E-state index contributed by atoms with van der Waals surface area (Å²) in [6.45, 7) is 0.635. The zero-order valence-corrected chi connectivity index (χ0v) is 10.9. The normalized spacial score (nSPS) is 19.2. The molecule has 0 aromatic heterocycles. The number of methoxy groups -OCH3 is 1. The van der Waals surface area contributed by atoms with Gasteiger partial charge in [-0.15, -0.1) is 0 Å². The summed E-state index contributed by atoms with van der Waals surface area (Å²) in [5.41, 5.74) is 1.19. The van der Waals surface area contributed by atoms with Crippen molar-refractivity contribution >= 4 is 27.5 Å². The average molecular weight is 295 g/mol. The molecule has 88 valence electrons. The number of nitrogens with zero attached hydrogens (tertiary/aromatic N) is 2. The fraction of sp³-hybridized carbons (Fsp3) is 0.333. The van der Waals surface area contributed by atoms with Crippen LogP contribution in [0.2, 0.25) is 0 Å². The number of benzene rings is 1. The second-order valence-electron chi connectivity index (χ2n) is 3.80. The molecule has 0 aliphatic carbocycles. The Morgan fingerprint density at radius 2 is 2.35 bits per heavy atom. The predicted octanol–water partition coefficient (Wildman–Crippen LogP) is 2.07. The molecule has 1 aromatic rings. The van der Waals surface area contributed by atoms with Gasteiger partial charge in [0.25, 0.3) is 0 Å². The van der Waals surface area contributed by atoms with Crippen LogP contribution in [0.3, 0.4) is 0 Å². The monoisotopic (exact) mass is 294 g/mol. The van der Waals surface area contributed by atoms with Gasteiger partial charge >= 0.3 is 0 Å². The first-order valence-electron chi connectivity index (χ1n) is 5.18. The summed E-state index contributed by atoms with van der Waals surface area (Å²) >= 11 is 3.43. The summed E-state index contributed by atoms with van der Waals surface area (Å²) in [6.07, 6.45) is 0.494. The third kappa shape index (κ3) is 2.27. The standard InChI is InChI=1S/C12H11BrN2O2/c1-17-11-3-2-10(4-8(11)6-14)15-7-9(13)5-12(15)16/h2-4,9H,5,7H2,1H3. The van der Waals surface area contributed by atoms with Gasteiger partial charge in [-0.25, -0.2) is 0 Å². The minimum atomic E-state index is 0.0703. The van der Waals surface area contributed by atoms with E-state index in [9.17, 15) is 4.79 Å². The summed E-state index contributed by atoms with van der Waals surface area (Å²) in [5, 5.41) is 8.99. The number of halogens is 1. The van der Waals surface area contributed by atoms with Crippen LogP contribution in [-0.4, -0.2) is 24.4 Å². The minimum Gasteiger partial charge on any atom is -0.495 e. The van der Waals surface area contributed by atoms with E-state index in [4.69, 9.17) is 10.00 Å². The van der Waals surface area contributed by atoms with Crippen molar-refractivity contribution in [1.82, 2.24) is 0 Å². The highest BCUT2D eigenvalue weighted by Gasteiger charge is 2.29. The van der Waals surface area contributed by atoms with Crippen LogP contribution in [0, 0.1) is 11.3 Å². The van der Waals surface area contributed by atoms with Crippen molar-refractivity contribution in [3.8, 4) is 11.8 Å². The average Bonchev–Trinajstić information content (AvgIpc) is 2.67. The molecule has 1 aliphatic heterocycles. The Kier molecular flexibility index (Phi) is 3.34. The first-order valence-corrected chi connectivity index (χ1v) is 6.10. The lowest BCUT2D eigenvalue weighted by Crippen LogP contribution is -2.24. The van der Waals surface area contributed by atoms with E-state index in [-0.39, 0.29) is 10.7 Å². The maximum absolute atomic E-state index is 11.7. The van der Waals surface area contributed by atoms with Gasteiger partial charge in [-0.3, -0.25) is 4.79 Å². The molecule has 4 nitrogen and oxygen atoms in total. The van der Waals surface area contributed by atoms with Crippen LogP contribution >= 0.6 is 15.9 Å². The van der Waals surface area contributed by atoms with E-state index in [1.165, 1.54) is 7.11 Å². The first kappa shape index (κ1) is 11.9. The van der Waals surface area contributed by atoms with Crippen LogP contribution in [0.15, 0.2) is 18.2 Å². The third-order valence-corrected chi connectivity index (χ3v) is 3.31. The quantitative estimate of drug-likeness (QED) is 0.785. The minimum absolute atomic E-state index is 0.0703. The SMILES string of the molecule is COc1ccc(N2CC(Br)CC2=O)cc1C#N. The molecular formula is C12H11BrN2O2. The highest BCUT2D eigenvalue weighted by atomic mass is 79.9. The van der Waals surface area contributed by atoms with Crippen molar-refractivity contribution < 1.29 is 9.53 Å². The topological polar surface area (TPSA) is 53.3 Å². The Labute approximate surface area is 108 Å². The summed E-state index contributed by atoms with van der Waals surface area (Å²) in [5.74, 6) is 0.596. The van der Waals surface area contributed by atoms with E-state index in [0.29, 0.717) is 24.3 Å². The molecule has 1 aromatic carbocycles. The van der Waals surface area contributed by atoms with Gasteiger partial charge in [0.15, 0.2) is 0 Å². The van der Waals surface area contributed by atoms with Crippen LogP contribution in [0.25, 0.3) is 0 Å². The Balaban J connectivity index is 2.35. The van der Waals surface area contributed by atoms with E-state index in [2.05, 4.69) is 22.0 Å². The number of carbonyl (C=O) groups excluding carboxylic acids is 1. The largest absolute Gasteiger partial charge is 0.495 e. The van der Waals surface area contributed by atoms with E-state index < -0.39 is 0 Å². The number of carbonyl (C=O) groups is 1. The summed E-state index contributed by atoms with van der Waals surface area (Å²) < 4.78 is 5.07. The zero-order valence-electron chi connectivity index (χ0n) is 9.31. The highest BCUT2D eigenvalue weighted by molar-refractivity contribution is 9.09. The maximum Gasteiger partial charge on any atom is 0.228 e. The number of hydrogen-bond acceptors (Lipinski definition) is 3. The van der Waals surface area contributed by atoms with Crippen molar-refractivity contribution in [1.29, 1.82) is 5.26 Å². The van der Waals surface area contributed by atoms with E-state index in [1.54, 1.807) is 23.1 Å². The highest BCUT2D eigenvalue weighted by Crippen LogP contribution is 2.29. The van der Waals surface area contributed by atoms with Gasteiger partial charge in [0.2, 0.25) is 5.91 Å². The Hall–Kier alpha value is -1.54. The lowest BCUT2D eigenvalue weighted by atomic mass is 10.2. The molecule has 1 amide bonds. The van der Waals surface area contributed by atoms with Crippen LogP contribution in [0.5, 0.6) is 5.75 Å². The van der Waals surface area contributed by atoms with Gasteiger partial charge < -0.3 is 9.64 Å². The molecule has 0 spiro atoms. The molecule has 1 aliphatic rings. The first-order chi connectivity index (χ1) is 8.15. The molecule has 0 radical (unpaired) electrons. The fourth-order valence-corrected chi connectivity index (χ4v) is 2.43. The Morgan fingerprint density at radius 1 is 1.59 bits per heavy atom. The molecule has 0 N–H and O–H groups in total. The lowest BCUT2D eigenvalue weighted by molar-refractivity contribution is -0.117. The number of hydrogen-bond donors (Lipinski definition) is 0. The van der Waals surface area contributed by atoms with Gasteiger partial charge in [0.1, 0.15) is 11.8 Å². The van der Waals surface area contributed by atoms with Gasteiger partial charge in [0, 0.05) is 23.5 Å². The molecule has 17 heavy (non-hydrogen) atoms. The fourth-order valence-electron chi connectivity index (χ4n) is 1.86. The summed E-state index contributed by atoms with van der Waals surface area (Å²) in [7, 11) is 1.52. The number of alkyl halides is 1. The second-order valence-corrected chi connectivity index (χ2v) is 5.10. The summed E-state index contributed by atoms with van der Waals surface area (Å²) in [6, 6.07) is 7.25. The van der Waals surface area contributed by atoms with E-state index in [1.807, 2.05) is 0 Å². The van der Waals surface area contributed by atoms with Crippen LogP contribution in [-0.2, 0) is 4.79 Å². The third-order valence-electron chi connectivity index (χ3n) is 2.69. The molecule has 2 rings (SSSR count). The summed E-state index contributed by atoms with van der Waals surface area (Å²) in [4.78, 5) is 13.6. The zero-order chi connectivity index (χ0) is 12.4. The smallest absolute Gasteiger partial charge is 0.228 e. The molecule has 1 saturated heterocycles. The van der Waals surface area contributed by atoms with Crippen LogP contribution in [0.4, 0.5) is 5.69 Å². The van der Waals surface area contributed by atoms with Gasteiger partial charge in [-0.1, -0.05) is 15.9 Å². The number of anilines is 1.